The standard InChI is InChI=1S/C18H21N3/c1-3-19-18(15-9-5-4-6-10-15)14(2)21-17-12-8-7-11-16(17)13-20-21/h4-14,18-19H,3H2,1-2H3. The quantitative estimate of drug-likeness (QED) is 0.766. The van der Waals surface area contributed by atoms with E-state index in [4.69, 9.17) is 0 Å². The monoisotopic (exact) mass is 279 g/mol. The molecular formula is C18H21N3. The lowest BCUT2D eigenvalue weighted by molar-refractivity contribution is 0.368. The van der Waals surface area contributed by atoms with Crippen molar-refractivity contribution in [3.8, 4) is 0 Å². The van der Waals surface area contributed by atoms with Crippen molar-refractivity contribution >= 4 is 10.9 Å². The molecule has 1 aromatic heterocycles. The predicted octanol–water partition coefficient (Wildman–Crippen LogP) is 3.95. The molecule has 0 aliphatic heterocycles. The third-order valence-electron chi connectivity index (χ3n) is 3.96. The molecule has 0 fully saturated rings. The van der Waals surface area contributed by atoms with Crippen LogP contribution in [-0.4, -0.2) is 16.3 Å². The molecule has 0 bridgehead atoms. The van der Waals surface area contributed by atoms with E-state index < -0.39 is 0 Å². The number of hydrogen-bond acceptors (Lipinski definition) is 2. The van der Waals surface area contributed by atoms with E-state index in [2.05, 4.69) is 83.5 Å². The molecule has 0 radical (unpaired) electrons. The van der Waals surface area contributed by atoms with E-state index in [1.165, 1.54) is 16.5 Å². The number of nitrogens with zero attached hydrogens (tertiary/aromatic N) is 2. The van der Waals surface area contributed by atoms with E-state index in [1.54, 1.807) is 0 Å². The average Bonchev–Trinajstić information content (AvgIpc) is 2.97. The average molecular weight is 279 g/mol. The fraction of sp³-hybridized carbons (Fsp3) is 0.278. The summed E-state index contributed by atoms with van der Waals surface area (Å²) < 4.78 is 2.12. The molecule has 0 aliphatic carbocycles. The minimum absolute atomic E-state index is 0.243. The third-order valence-corrected chi connectivity index (χ3v) is 3.96. The highest BCUT2D eigenvalue weighted by molar-refractivity contribution is 5.78. The minimum Gasteiger partial charge on any atom is -0.308 e. The van der Waals surface area contributed by atoms with Gasteiger partial charge in [0.05, 0.1) is 23.8 Å². The van der Waals surface area contributed by atoms with Crippen LogP contribution >= 0.6 is 0 Å². The largest absolute Gasteiger partial charge is 0.308 e. The number of nitrogens with one attached hydrogen (secondary N) is 1. The number of rotatable bonds is 5. The van der Waals surface area contributed by atoms with Gasteiger partial charge in [-0.3, -0.25) is 4.68 Å². The summed E-state index contributed by atoms with van der Waals surface area (Å²) in [6, 6.07) is 19.4. The first-order chi connectivity index (χ1) is 10.3. The molecule has 2 unspecified atom stereocenters. The van der Waals surface area contributed by atoms with E-state index in [-0.39, 0.29) is 12.1 Å². The lowest BCUT2D eigenvalue weighted by Gasteiger charge is -2.26. The summed E-state index contributed by atoms with van der Waals surface area (Å²) in [6.45, 7) is 5.30. The second kappa shape index (κ2) is 6.10. The maximum atomic E-state index is 4.60. The van der Waals surface area contributed by atoms with Gasteiger partial charge in [-0.2, -0.15) is 5.10 Å². The van der Waals surface area contributed by atoms with Crippen molar-refractivity contribution in [2.45, 2.75) is 25.9 Å². The van der Waals surface area contributed by atoms with Crippen molar-refractivity contribution < 1.29 is 0 Å². The second-order valence-electron chi connectivity index (χ2n) is 5.33. The molecule has 3 nitrogen and oxygen atoms in total. The molecule has 21 heavy (non-hydrogen) atoms. The summed E-state index contributed by atoms with van der Waals surface area (Å²) in [6.07, 6.45) is 1.94. The Morgan fingerprint density at radius 2 is 1.76 bits per heavy atom. The lowest BCUT2D eigenvalue weighted by Crippen LogP contribution is -2.29. The van der Waals surface area contributed by atoms with Gasteiger partial charge in [-0.15, -0.1) is 0 Å². The predicted molar refractivity (Wildman–Crippen MR) is 87.3 cm³/mol. The van der Waals surface area contributed by atoms with Crippen LogP contribution in [0.5, 0.6) is 0 Å². The van der Waals surface area contributed by atoms with E-state index in [0.29, 0.717) is 0 Å². The third kappa shape index (κ3) is 2.69. The fourth-order valence-electron chi connectivity index (χ4n) is 2.90. The Morgan fingerprint density at radius 1 is 1.05 bits per heavy atom. The molecule has 2 atom stereocenters. The molecule has 108 valence electrons. The van der Waals surface area contributed by atoms with Crippen LogP contribution in [0, 0.1) is 0 Å². The van der Waals surface area contributed by atoms with Crippen LogP contribution in [0.4, 0.5) is 0 Å². The molecule has 3 rings (SSSR count). The molecule has 0 aliphatic rings. The minimum atomic E-state index is 0.243. The summed E-state index contributed by atoms with van der Waals surface area (Å²) in [5.41, 5.74) is 2.48. The van der Waals surface area contributed by atoms with Crippen molar-refractivity contribution in [1.29, 1.82) is 0 Å². The van der Waals surface area contributed by atoms with Crippen LogP contribution < -0.4 is 5.32 Å². The first-order valence-electron chi connectivity index (χ1n) is 7.52. The van der Waals surface area contributed by atoms with Gasteiger partial charge in [-0.05, 0) is 25.1 Å². The normalized spacial score (nSPS) is 14.2. The Balaban J connectivity index is 1.99. The highest BCUT2D eigenvalue weighted by atomic mass is 15.3. The van der Waals surface area contributed by atoms with Gasteiger partial charge in [0.25, 0.3) is 0 Å². The van der Waals surface area contributed by atoms with E-state index in [9.17, 15) is 0 Å². The molecule has 1 N–H and O–H groups in total. The number of fused-ring (bicyclic) bond motifs is 1. The molecule has 0 amide bonds. The van der Waals surface area contributed by atoms with Gasteiger partial charge in [0.15, 0.2) is 0 Å². The smallest absolute Gasteiger partial charge is 0.0692 e. The summed E-state index contributed by atoms with van der Waals surface area (Å²) in [5.74, 6) is 0. The van der Waals surface area contributed by atoms with E-state index in [0.717, 1.165) is 6.54 Å². The fourth-order valence-corrected chi connectivity index (χ4v) is 2.90. The van der Waals surface area contributed by atoms with Crippen molar-refractivity contribution in [3.05, 3.63) is 66.4 Å². The van der Waals surface area contributed by atoms with Gasteiger partial charge < -0.3 is 5.32 Å². The summed E-state index contributed by atoms with van der Waals surface area (Å²) in [5, 5.41) is 9.38. The van der Waals surface area contributed by atoms with Gasteiger partial charge in [-0.1, -0.05) is 55.5 Å². The number of para-hydroxylation sites is 1. The van der Waals surface area contributed by atoms with Crippen LogP contribution in [0.15, 0.2) is 60.8 Å². The molecule has 3 heteroatoms. The maximum Gasteiger partial charge on any atom is 0.0692 e. The van der Waals surface area contributed by atoms with Gasteiger partial charge in [-0.25, -0.2) is 0 Å². The topological polar surface area (TPSA) is 29.9 Å². The number of hydrogen-bond donors (Lipinski definition) is 1. The highest BCUT2D eigenvalue weighted by Crippen LogP contribution is 2.28. The van der Waals surface area contributed by atoms with E-state index in [1.807, 2.05) is 6.20 Å². The van der Waals surface area contributed by atoms with Crippen LogP contribution in [0.1, 0.15) is 31.5 Å². The first kappa shape index (κ1) is 13.8. The lowest BCUT2D eigenvalue weighted by atomic mass is 10.0. The Bertz CT molecular complexity index is 703. The van der Waals surface area contributed by atoms with Crippen LogP contribution in [-0.2, 0) is 0 Å². The van der Waals surface area contributed by atoms with Crippen LogP contribution in [0.25, 0.3) is 10.9 Å². The first-order valence-corrected chi connectivity index (χ1v) is 7.52. The van der Waals surface area contributed by atoms with Gasteiger partial charge in [0.1, 0.15) is 0 Å². The molecule has 2 aromatic carbocycles. The van der Waals surface area contributed by atoms with Gasteiger partial charge >= 0.3 is 0 Å². The van der Waals surface area contributed by atoms with Crippen molar-refractivity contribution in [2.75, 3.05) is 6.54 Å². The Hall–Kier alpha value is -2.13. The summed E-state index contributed by atoms with van der Waals surface area (Å²) >= 11 is 0. The second-order valence-corrected chi connectivity index (χ2v) is 5.33. The number of likely N-dealkylation sites (N-methyl/N-ethyl adjacent to an activating group) is 1. The Labute approximate surface area is 125 Å². The van der Waals surface area contributed by atoms with Gasteiger partial charge in [0.2, 0.25) is 0 Å². The molecule has 0 saturated heterocycles. The zero-order chi connectivity index (χ0) is 14.7. The number of aromatic nitrogens is 2. The van der Waals surface area contributed by atoms with Crippen LogP contribution in [0.3, 0.4) is 0 Å². The molecule has 0 saturated carbocycles. The molecule has 1 heterocycles. The van der Waals surface area contributed by atoms with Crippen molar-refractivity contribution in [2.24, 2.45) is 0 Å². The molecule has 3 aromatic rings. The summed E-state index contributed by atoms with van der Waals surface area (Å²) in [4.78, 5) is 0. The SMILES string of the molecule is CCNC(c1ccccc1)C(C)n1ncc2ccccc21. The Kier molecular flexibility index (Phi) is 4.02. The number of benzene rings is 2. The summed E-state index contributed by atoms with van der Waals surface area (Å²) in [7, 11) is 0. The van der Waals surface area contributed by atoms with Crippen molar-refractivity contribution in [3.63, 3.8) is 0 Å². The van der Waals surface area contributed by atoms with Gasteiger partial charge in [0, 0.05) is 5.39 Å². The molecular weight excluding hydrogens is 258 g/mol. The maximum absolute atomic E-state index is 4.60. The zero-order valence-corrected chi connectivity index (χ0v) is 12.5. The Morgan fingerprint density at radius 3 is 2.52 bits per heavy atom. The van der Waals surface area contributed by atoms with Crippen molar-refractivity contribution in [1.82, 2.24) is 15.1 Å². The zero-order valence-electron chi connectivity index (χ0n) is 12.5. The molecule has 0 spiro atoms. The highest BCUT2D eigenvalue weighted by Gasteiger charge is 2.21. The van der Waals surface area contributed by atoms with E-state index >= 15 is 0 Å². The van der Waals surface area contributed by atoms with Crippen LogP contribution in [0.2, 0.25) is 0 Å².